The minimum Gasteiger partial charge on any atom is -0.397 e. The third kappa shape index (κ3) is 5.62. The van der Waals surface area contributed by atoms with Crippen LogP contribution < -0.4 is 16.4 Å². The van der Waals surface area contributed by atoms with Gasteiger partial charge in [-0.1, -0.05) is 54.1 Å². The van der Waals surface area contributed by atoms with Gasteiger partial charge in [0.05, 0.1) is 11.4 Å². The highest BCUT2D eigenvalue weighted by atomic mass is 35.5. The lowest BCUT2D eigenvalue weighted by atomic mass is 10.1. The number of rotatable bonds is 6. The van der Waals surface area contributed by atoms with Gasteiger partial charge in [-0.05, 0) is 47.5 Å². The molecule has 0 spiro atoms. The van der Waals surface area contributed by atoms with Gasteiger partial charge in [-0.25, -0.2) is 0 Å². The predicted molar refractivity (Wildman–Crippen MR) is 114 cm³/mol. The van der Waals surface area contributed by atoms with Crippen molar-refractivity contribution in [3.8, 4) is 0 Å². The van der Waals surface area contributed by atoms with E-state index in [0.29, 0.717) is 22.9 Å². The van der Waals surface area contributed by atoms with E-state index < -0.39 is 0 Å². The first-order valence-electron chi connectivity index (χ1n) is 8.52. The fourth-order valence-electron chi connectivity index (χ4n) is 2.51. The van der Waals surface area contributed by atoms with Crippen LogP contribution in [0.5, 0.6) is 0 Å². The number of nitrogens with one attached hydrogen (secondary N) is 2. The van der Waals surface area contributed by atoms with Crippen LogP contribution >= 0.6 is 11.6 Å². The van der Waals surface area contributed by atoms with Crippen molar-refractivity contribution in [2.45, 2.75) is 6.54 Å². The Morgan fingerprint density at radius 3 is 2.52 bits per heavy atom. The molecule has 0 heterocycles. The maximum atomic E-state index is 12.0. The van der Waals surface area contributed by atoms with E-state index in [9.17, 15) is 4.79 Å². The fourth-order valence-corrected chi connectivity index (χ4v) is 2.70. The molecule has 0 saturated carbocycles. The molecule has 0 aliphatic rings. The summed E-state index contributed by atoms with van der Waals surface area (Å²) in [5.41, 5.74) is 10.0. The van der Waals surface area contributed by atoms with E-state index in [2.05, 4.69) is 10.6 Å². The summed E-state index contributed by atoms with van der Waals surface area (Å²) >= 11 is 5.98. The average Bonchev–Trinajstić information content (AvgIpc) is 2.67. The summed E-state index contributed by atoms with van der Waals surface area (Å²) in [7, 11) is 0. The highest BCUT2D eigenvalue weighted by molar-refractivity contribution is 6.30. The summed E-state index contributed by atoms with van der Waals surface area (Å²) in [5.74, 6) is -0.223. The molecule has 0 aliphatic heterocycles. The monoisotopic (exact) mass is 377 g/mol. The maximum absolute atomic E-state index is 12.0. The van der Waals surface area contributed by atoms with E-state index in [-0.39, 0.29) is 5.91 Å². The van der Waals surface area contributed by atoms with Crippen molar-refractivity contribution in [3.63, 3.8) is 0 Å². The molecule has 1 amide bonds. The standard InChI is InChI=1S/C22H20ClN3O/c23-18-4-3-5-19(14-18)25-15-17-10-8-16(9-11-17)12-13-22(27)26-21-7-2-1-6-20(21)24/h1-14,25H,15,24H2,(H,26,27). The predicted octanol–water partition coefficient (Wildman–Crippen LogP) is 5.19. The first-order chi connectivity index (χ1) is 13.1. The molecule has 0 saturated heterocycles. The van der Waals surface area contributed by atoms with Crippen molar-refractivity contribution in [1.82, 2.24) is 0 Å². The minimum absolute atomic E-state index is 0.223. The molecule has 136 valence electrons. The van der Waals surface area contributed by atoms with E-state index in [1.54, 1.807) is 18.2 Å². The quantitative estimate of drug-likeness (QED) is 0.409. The molecule has 0 bridgehead atoms. The van der Waals surface area contributed by atoms with Gasteiger partial charge in [-0.15, -0.1) is 0 Å². The molecule has 0 fully saturated rings. The van der Waals surface area contributed by atoms with Crippen molar-refractivity contribution < 1.29 is 4.79 Å². The molecule has 0 atom stereocenters. The van der Waals surface area contributed by atoms with Crippen LogP contribution in [0.2, 0.25) is 5.02 Å². The third-order valence-electron chi connectivity index (χ3n) is 3.95. The number of anilines is 3. The number of amides is 1. The zero-order chi connectivity index (χ0) is 19.1. The van der Waals surface area contributed by atoms with E-state index >= 15 is 0 Å². The van der Waals surface area contributed by atoms with Gasteiger partial charge in [-0.3, -0.25) is 4.79 Å². The van der Waals surface area contributed by atoms with E-state index in [0.717, 1.165) is 16.8 Å². The van der Waals surface area contributed by atoms with Crippen LogP contribution in [0.15, 0.2) is 78.9 Å². The second kappa shape index (κ2) is 8.92. The Bertz CT molecular complexity index is 952. The Hall–Kier alpha value is -3.24. The lowest BCUT2D eigenvalue weighted by Crippen LogP contribution is -2.09. The van der Waals surface area contributed by atoms with Gasteiger partial charge in [0.1, 0.15) is 0 Å². The maximum Gasteiger partial charge on any atom is 0.248 e. The molecule has 3 aromatic carbocycles. The zero-order valence-electron chi connectivity index (χ0n) is 14.7. The zero-order valence-corrected chi connectivity index (χ0v) is 15.4. The number of nitrogen functional groups attached to an aromatic ring is 1. The van der Waals surface area contributed by atoms with Crippen molar-refractivity contribution in [1.29, 1.82) is 0 Å². The van der Waals surface area contributed by atoms with Crippen molar-refractivity contribution in [2.75, 3.05) is 16.4 Å². The van der Waals surface area contributed by atoms with Crippen molar-refractivity contribution >= 4 is 40.6 Å². The van der Waals surface area contributed by atoms with Gasteiger partial charge < -0.3 is 16.4 Å². The number of para-hydroxylation sites is 2. The highest BCUT2D eigenvalue weighted by Gasteiger charge is 2.01. The molecule has 0 unspecified atom stereocenters. The van der Waals surface area contributed by atoms with Crippen molar-refractivity contribution in [3.05, 3.63) is 95.0 Å². The van der Waals surface area contributed by atoms with Gasteiger partial charge in [0.25, 0.3) is 0 Å². The van der Waals surface area contributed by atoms with Gasteiger partial charge in [-0.2, -0.15) is 0 Å². The Balaban J connectivity index is 1.54. The summed E-state index contributed by atoms with van der Waals surface area (Å²) in [6.45, 7) is 0.693. The number of halogens is 1. The average molecular weight is 378 g/mol. The summed E-state index contributed by atoms with van der Waals surface area (Å²) < 4.78 is 0. The Morgan fingerprint density at radius 2 is 1.78 bits per heavy atom. The van der Waals surface area contributed by atoms with Gasteiger partial charge in [0.2, 0.25) is 5.91 Å². The Morgan fingerprint density at radius 1 is 1.00 bits per heavy atom. The molecule has 0 radical (unpaired) electrons. The molecule has 4 N–H and O–H groups in total. The van der Waals surface area contributed by atoms with Crippen LogP contribution in [0.3, 0.4) is 0 Å². The molecular weight excluding hydrogens is 358 g/mol. The number of hydrogen-bond acceptors (Lipinski definition) is 3. The van der Waals surface area contributed by atoms with Crippen LogP contribution in [-0.2, 0) is 11.3 Å². The van der Waals surface area contributed by atoms with E-state index in [1.165, 1.54) is 6.08 Å². The second-order valence-electron chi connectivity index (χ2n) is 6.02. The lowest BCUT2D eigenvalue weighted by molar-refractivity contribution is -0.111. The summed E-state index contributed by atoms with van der Waals surface area (Å²) in [6, 6.07) is 22.7. The fraction of sp³-hybridized carbons (Fsp3) is 0.0455. The number of benzene rings is 3. The molecule has 0 aliphatic carbocycles. The van der Waals surface area contributed by atoms with E-state index in [4.69, 9.17) is 17.3 Å². The third-order valence-corrected chi connectivity index (χ3v) is 4.18. The summed E-state index contributed by atoms with van der Waals surface area (Å²) in [5, 5.41) is 6.79. The molecular formula is C22H20ClN3O. The number of hydrogen-bond donors (Lipinski definition) is 3. The van der Waals surface area contributed by atoms with Crippen LogP contribution in [0.1, 0.15) is 11.1 Å². The van der Waals surface area contributed by atoms with Gasteiger partial charge in [0, 0.05) is 23.3 Å². The van der Waals surface area contributed by atoms with Gasteiger partial charge >= 0.3 is 0 Å². The smallest absolute Gasteiger partial charge is 0.248 e. The minimum atomic E-state index is -0.223. The topological polar surface area (TPSA) is 67.1 Å². The summed E-state index contributed by atoms with van der Waals surface area (Å²) in [4.78, 5) is 12.0. The second-order valence-corrected chi connectivity index (χ2v) is 6.45. The molecule has 4 nitrogen and oxygen atoms in total. The molecule has 3 aromatic rings. The normalized spacial score (nSPS) is 10.7. The Labute approximate surface area is 163 Å². The molecule has 27 heavy (non-hydrogen) atoms. The van der Waals surface area contributed by atoms with Crippen LogP contribution in [0, 0.1) is 0 Å². The Kier molecular flexibility index (Phi) is 6.13. The number of carbonyl (C=O) groups excluding carboxylic acids is 1. The summed E-state index contributed by atoms with van der Waals surface area (Å²) in [6.07, 6.45) is 3.26. The van der Waals surface area contributed by atoms with Gasteiger partial charge in [0.15, 0.2) is 0 Å². The number of carbonyl (C=O) groups is 1. The van der Waals surface area contributed by atoms with Crippen LogP contribution in [0.25, 0.3) is 6.08 Å². The lowest BCUT2D eigenvalue weighted by Gasteiger charge is -2.07. The largest absolute Gasteiger partial charge is 0.397 e. The molecule has 0 aromatic heterocycles. The van der Waals surface area contributed by atoms with E-state index in [1.807, 2.05) is 60.7 Å². The number of nitrogens with two attached hydrogens (primary N) is 1. The van der Waals surface area contributed by atoms with Crippen LogP contribution in [0.4, 0.5) is 17.1 Å². The first-order valence-corrected chi connectivity index (χ1v) is 8.90. The first kappa shape index (κ1) is 18.5. The molecule has 5 heteroatoms. The van der Waals surface area contributed by atoms with Crippen LogP contribution in [-0.4, -0.2) is 5.91 Å². The van der Waals surface area contributed by atoms with Crippen molar-refractivity contribution in [2.24, 2.45) is 0 Å². The highest BCUT2D eigenvalue weighted by Crippen LogP contribution is 2.17. The SMILES string of the molecule is Nc1ccccc1NC(=O)C=Cc1ccc(CNc2cccc(Cl)c2)cc1. The molecule has 3 rings (SSSR count).